The Balaban J connectivity index is 2.48. The summed E-state index contributed by atoms with van der Waals surface area (Å²) in [5, 5.41) is 0.510. The Kier molecular flexibility index (Phi) is 4.80. The van der Waals surface area contributed by atoms with Crippen molar-refractivity contribution in [2.75, 3.05) is 6.61 Å². The minimum absolute atomic E-state index is 0.0321. The predicted molar refractivity (Wildman–Crippen MR) is 72.9 cm³/mol. The number of carbonyl (C=O) groups excluding carboxylic acids is 1. The topological polar surface area (TPSA) is 52.3 Å². The Morgan fingerprint density at radius 3 is 2.67 bits per heavy atom. The molecular formula is C13H9Cl2F2NO3. The highest BCUT2D eigenvalue weighted by atomic mass is 35.5. The average Bonchev–Trinajstić information content (AvgIpc) is 2.87. The molecule has 0 amide bonds. The molecule has 2 aromatic rings. The van der Waals surface area contributed by atoms with Crippen molar-refractivity contribution in [1.82, 2.24) is 4.98 Å². The van der Waals surface area contributed by atoms with Crippen LogP contribution in [0.1, 0.15) is 29.6 Å². The second kappa shape index (κ2) is 6.41. The lowest BCUT2D eigenvalue weighted by Gasteiger charge is -1.99. The van der Waals surface area contributed by atoms with E-state index in [0.717, 1.165) is 0 Å². The average molecular weight is 336 g/mol. The smallest absolute Gasteiger partial charge is 0.376 e. The molecule has 0 fully saturated rings. The number of rotatable bonds is 4. The largest absolute Gasteiger partial charge is 0.460 e. The van der Waals surface area contributed by atoms with Crippen LogP contribution >= 0.6 is 23.2 Å². The molecule has 0 saturated heterocycles. The molecule has 0 N–H and O–H groups in total. The number of benzene rings is 1. The molecule has 0 unspecified atom stereocenters. The first-order chi connectivity index (χ1) is 9.93. The van der Waals surface area contributed by atoms with Crippen LogP contribution in [-0.2, 0) is 4.74 Å². The third-order valence-corrected chi connectivity index (χ3v) is 3.23. The van der Waals surface area contributed by atoms with Crippen LogP contribution in [0.2, 0.25) is 10.0 Å². The van der Waals surface area contributed by atoms with Gasteiger partial charge in [0, 0.05) is 5.56 Å². The van der Waals surface area contributed by atoms with E-state index >= 15 is 0 Å². The van der Waals surface area contributed by atoms with E-state index in [2.05, 4.69) is 9.72 Å². The maximum Gasteiger partial charge on any atom is 0.376 e. The van der Waals surface area contributed by atoms with Crippen molar-refractivity contribution in [1.29, 1.82) is 0 Å². The highest BCUT2D eigenvalue weighted by Crippen LogP contribution is 2.32. The van der Waals surface area contributed by atoms with Crippen molar-refractivity contribution in [2.24, 2.45) is 0 Å². The maximum atomic E-state index is 12.9. The first-order valence-electron chi connectivity index (χ1n) is 5.85. The van der Waals surface area contributed by atoms with E-state index in [1.54, 1.807) is 6.92 Å². The third-order valence-electron chi connectivity index (χ3n) is 2.49. The highest BCUT2D eigenvalue weighted by Gasteiger charge is 2.28. The van der Waals surface area contributed by atoms with Gasteiger partial charge in [0.25, 0.3) is 6.43 Å². The minimum Gasteiger partial charge on any atom is -0.460 e. The van der Waals surface area contributed by atoms with E-state index in [1.165, 1.54) is 18.2 Å². The van der Waals surface area contributed by atoms with E-state index in [4.69, 9.17) is 27.6 Å². The number of nitrogens with zero attached hydrogens (tertiary/aromatic N) is 1. The Morgan fingerprint density at radius 2 is 2.10 bits per heavy atom. The third kappa shape index (κ3) is 3.33. The molecular weight excluding hydrogens is 327 g/mol. The lowest BCUT2D eigenvalue weighted by atomic mass is 10.2. The molecule has 0 atom stereocenters. The summed E-state index contributed by atoms with van der Waals surface area (Å²) < 4.78 is 35.6. The van der Waals surface area contributed by atoms with Gasteiger partial charge in [0.2, 0.25) is 11.7 Å². The van der Waals surface area contributed by atoms with Gasteiger partial charge in [0.05, 0.1) is 16.7 Å². The van der Waals surface area contributed by atoms with E-state index < -0.39 is 23.8 Å². The van der Waals surface area contributed by atoms with Crippen LogP contribution in [-0.4, -0.2) is 17.6 Å². The SMILES string of the molecule is CCOC(=O)c1oc(-c2ccc(Cl)c(Cl)c2)nc1C(F)F. The summed E-state index contributed by atoms with van der Waals surface area (Å²) in [6.45, 7) is 1.58. The van der Waals surface area contributed by atoms with Gasteiger partial charge in [-0.3, -0.25) is 0 Å². The normalized spacial score (nSPS) is 11.0. The molecule has 0 saturated carbocycles. The molecule has 4 nitrogen and oxygen atoms in total. The Hall–Kier alpha value is -1.66. The zero-order valence-electron chi connectivity index (χ0n) is 10.7. The fraction of sp³-hybridized carbons (Fsp3) is 0.231. The minimum atomic E-state index is -2.97. The van der Waals surface area contributed by atoms with Gasteiger partial charge in [0.15, 0.2) is 5.69 Å². The summed E-state index contributed by atoms with van der Waals surface area (Å²) in [6.07, 6.45) is -2.97. The van der Waals surface area contributed by atoms with E-state index in [1.807, 2.05) is 0 Å². The molecule has 0 bridgehead atoms. The Bertz CT molecular complexity index is 673. The number of oxazole rings is 1. The molecule has 0 aliphatic heterocycles. The molecule has 0 aliphatic carbocycles. The fourth-order valence-corrected chi connectivity index (χ4v) is 1.87. The molecule has 2 rings (SSSR count). The Labute approximate surface area is 128 Å². The van der Waals surface area contributed by atoms with Crippen LogP contribution in [0, 0.1) is 0 Å². The van der Waals surface area contributed by atoms with Crippen LogP contribution in [0.5, 0.6) is 0 Å². The van der Waals surface area contributed by atoms with Crippen LogP contribution in [0.4, 0.5) is 8.78 Å². The van der Waals surface area contributed by atoms with Gasteiger partial charge in [-0.05, 0) is 25.1 Å². The summed E-state index contributed by atoms with van der Waals surface area (Å²) in [6, 6.07) is 4.36. The molecule has 21 heavy (non-hydrogen) atoms. The molecule has 1 heterocycles. The van der Waals surface area contributed by atoms with Gasteiger partial charge < -0.3 is 9.15 Å². The van der Waals surface area contributed by atoms with Gasteiger partial charge in [-0.15, -0.1) is 0 Å². The van der Waals surface area contributed by atoms with E-state index in [-0.39, 0.29) is 17.5 Å². The summed E-state index contributed by atoms with van der Waals surface area (Å²) in [7, 11) is 0. The van der Waals surface area contributed by atoms with Gasteiger partial charge in [-0.1, -0.05) is 23.2 Å². The fourth-order valence-electron chi connectivity index (χ4n) is 1.58. The quantitative estimate of drug-likeness (QED) is 0.755. The van der Waals surface area contributed by atoms with Gasteiger partial charge >= 0.3 is 5.97 Å². The second-order valence-electron chi connectivity index (χ2n) is 3.88. The molecule has 8 heteroatoms. The van der Waals surface area contributed by atoms with E-state index in [0.29, 0.717) is 10.6 Å². The number of halogens is 4. The van der Waals surface area contributed by atoms with Crippen LogP contribution in [0.3, 0.4) is 0 Å². The summed E-state index contributed by atoms with van der Waals surface area (Å²) in [5.74, 6) is -1.77. The molecule has 1 aromatic heterocycles. The van der Waals surface area contributed by atoms with Crippen molar-refractivity contribution >= 4 is 29.2 Å². The zero-order chi connectivity index (χ0) is 15.6. The van der Waals surface area contributed by atoms with Crippen LogP contribution in [0.25, 0.3) is 11.5 Å². The van der Waals surface area contributed by atoms with Crippen LogP contribution in [0.15, 0.2) is 22.6 Å². The predicted octanol–water partition coefficient (Wildman–Crippen LogP) is 4.76. The first-order valence-corrected chi connectivity index (χ1v) is 6.61. The van der Waals surface area contributed by atoms with Crippen molar-refractivity contribution in [3.63, 3.8) is 0 Å². The monoisotopic (exact) mass is 335 g/mol. The first kappa shape index (κ1) is 15.7. The number of ether oxygens (including phenoxy) is 1. The van der Waals surface area contributed by atoms with Crippen molar-refractivity contribution in [2.45, 2.75) is 13.3 Å². The van der Waals surface area contributed by atoms with E-state index in [9.17, 15) is 13.6 Å². The zero-order valence-corrected chi connectivity index (χ0v) is 12.2. The molecule has 0 radical (unpaired) electrons. The Morgan fingerprint density at radius 1 is 1.38 bits per heavy atom. The second-order valence-corrected chi connectivity index (χ2v) is 4.70. The van der Waals surface area contributed by atoms with Crippen molar-refractivity contribution < 1.29 is 22.7 Å². The summed E-state index contributed by atoms with van der Waals surface area (Å²) in [5.41, 5.74) is -0.448. The number of carbonyl (C=O) groups is 1. The number of aromatic nitrogens is 1. The maximum absolute atomic E-state index is 12.9. The lowest BCUT2D eigenvalue weighted by Crippen LogP contribution is -2.06. The van der Waals surface area contributed by atoms with Crippen LogP contribution < -0.4 is 0 Å². The van der Waals surface area contributed by atoms with Crippen molar-refractivity contribution in [3.05, 3.63) is 39.7 Å². The highest BCUT2D eigenvalue weighted by molar-refractivity contribution is 6.42. The van der Waals surface area contributed by atoms with Crippen molar-refractivity contribution in [3.8, 4) is 11.5 Å². The molecule has 0 spiro atoms. The summed E-state index contributed by atoms with van der Waals surface area (Å²) in [4.78, 5) is 15.2. The number of esters is 1. The lowest BCUT2D eigenvalue weighted by molar-refractivity contribution is 0.0476. The van der Waals surface area contributed by atoms with Gasteiger partial charge in [-0.2, -0.15) is 0 Å². The molecule has 0 aliphatic rings. The van der Waals surface area contributed by atoms with Gasteiger partial charge in [0.1, 0.15) is 0 Å². The summed E-state index contributed by atoms with van der Waals surface area (Å²) >= 11 is 11.6. The number of hydrogen-bond donors (Lipinski definition) is 0. The molecule has 112 valence electrons. The standard InChI is InChI=1S/C13H9Cl2F2NO3/c1-2-20-13(19)10-9(11(16)17)18-12(21-10)6-3-4-7(14)8(15)5-6/h3-5,11H,2H2,1H3. The number of alkyl halides is 2. The number of hydrogen-bond acceptors (Lipinski definition) is 4. The van der Waals surface area contributed by atoms with Gasteiger partial charge in [-0.25, -0.2) is 18.6 Å². The molecule has 1 aromatic carbocycles.